The fraction of sp³-hybridized carbons (Fsp3) is 0.900. The predicted molar refractivity (Wildman–Crippen MR) is 60.3 cm³/mol. The minimum absolute atomic E-state index is 0.122. The largest absolute Gasteiger partial charge is 0.381 e. The summed E-state index contributed by atoms with van der Waals surface area (Å²) in [5.41, 5.74) is 0. The van der Waals surface area contributed by atoms with Crippen molar-refractivity contribution in [3.63, 3.8) is 0 Å². The lowest BCUT2D eigenvalue weighted by atomic mass is 9.97. The highest BCUT2D eigenvalue weighted by atomic mass is 35.5. The second-order valence-electron chi connectivity index (χ2n) is 3.72. The lowest BCUT2D eigenvalue weighted by molar-refractivity contribution is 0.0642. The van der Waals surface area contributed by atoms with E-state index >= 15 is 0 Å². The molecule has 1 saturated heterocycles. The van der Waals surface area contributed by atoms with Gasteiger partial charge in [-0.1, -0.05) is 0 Å². The number of hydrogen-bond donors (Lipinski definition) is 2. The summed E-state index contributed by atoms with van der Waals surface area (Å²) in [7, 11) is 0. The first kappa shape index (κ1) is 12.6. The van der Waals surface area contributed by atoms with E-state index in [-0.39, 0.29) is 6.03 Å². The van der Waals surface area contributed by atoms with Crippen molar-refractivity contribution in [1.82, 2.24) is 10.6 Å². The molecule has 0 saturated carbocycles. The number of urea groups is 1. The van der Waals surface area contributed by atoms with Crippen molar-refractivity contribution in [2.24, 2.45) is 5.92 Å². The Balaban J connectivity index is 1.97. The van der Waals surface area contributed by atoms with Crippen molar-refractivity contribution < 1.29 is 9.53 Å². The monoisotopic (exact) mass is 234 g/mol. The normalized spacial score (nSPS) is 17.4. The molecular formula is C10H19ClN2O2. The van der Waals surface area contributed by atoms with Gasteiger partial charge in [-0.25, -0.2) is 4.79 Å². The molecule has 0 unspecified atom stereocenters. The summed E-state index contributed by atoms with van der Waals surface area (Å²) in [5, 5.41) is 5.48. The minimum Gasteiger partial charge on any atom is -0.381 e. The Hall–Kier alpha value is -0.480. The van der Waals surface area contributed by atoms with Gasteiger partial charge in [-0.15, -0.1) is 11.6 Å². The molecular weight excluding hydrogens is 216 g/mol. The number of ether oxygens (including phenoxy) is 1. The molecule has 1 heterocycles. The molecule has 0 atom stereocenters. The molecule has 0 radical (unpaired) electrons. The molecule has 0 aliphatic carbocycles. The van der Waals surface area contributed by atoms with Crippen LogP contribution >= 0.6 is 11.6 Å². The molecule has 2 N–H and O–H groups in total. The molecule has 2 amide bonds. The van der Waals surface area contributed by atoms with Gasteiger partial charge in [0.1, 0.15) is 0 Å². The quantitative estimate of drug-likeness (QED) is 0.706. The SMILES string of the molecule is O=C(NCCCl)NCCC1CCOCC1. The van der Waals surface area contributed by atoms with Gasteiger partial charge in [0.15, 0.2) is 0 Å². The van der Waals surface area contributed by atoms with Crippen molar-refractivity contribution >= 4 is 17.6 Å². The lowest BCUT2D eigenvalue weighted by Gasteiger charge is -2.21. The predicted octanol–water partition coefficient (Wildman–Crippen LogP) is 1.34. The Bertz CT molecular complexity index is 184. The maximum absolute atomic E-state index is 11.1. The van der Waals surface area contributed by atoms with E-state index in [1.807, 2.05) is 0 Å². The van der Waals surface area contributed by atoms with Gasteiger partial charge in [0.25, 0.3) is 0 Å². The molecule has 88 valence electrons. The maximum atomic E-state index is 11.1. The van der Waals surface area contributed by atoms with Gasteiger partial charge >= 0.3 is 6.03 Å². The molecule has 0 spiro atoms. The number of rotatable bonds is 5. The molecule has 0 bridgehead atoms. The summed E-state index contributed by atoms with van der Waals surface area (Å²) < 4.78 is 5.27. The van der Waals surface area contributed by atoms with E-state index in [9.17, 15) is 4.79 Å². The lowest BCUT2D eigenvalue weighted by Crippen LogP contribution is -2.37. The molecule has 1 aliphatic heterocycles. The van der Waals surface area contributed by atoms with Gasteiger partial charge in [0.05, 0.1) is 0 Å². The van der Waals surface area contributed by atoms with Crippen LogP contribution in [0.5, 0.6) is 0 Å². The summed E-state index contributed by atoms with van der Waals surface area (Å²) in [6.07, 6.45) is 3.27. The Morgan fingerprint density at radius 3 is 2.60 bits per heavy atom. The van der Waals surface area contributed by atoms with E-state index in [0.29, 0.717) is 18.3 Å². The smallest absolute Gasteiger partial charge is 0.314 e. The zero-order valence-corrected chi connectivity index (χ0v) is 9.68. The summed E-state index contributed by atoms with van der Waals surface area (Å²) in [6, 6.07) is -0.122. The van der Waals surface area contributed by atoms with Gasteiger partial charge in [-0.05, 0) is 25.2 Å². The Morgan fingerprint density at radius 2 is 1.93 bits per heavy atom. The third kappa shape index (κ3) is 5.85. The number of nitrogens with one attached hydrogen (secondary N) is 2. The Kier molecular flexibility index (Phi) is 6.52. The molecule has 1 aliphatic rings. The first-order chi connectivity index (χ1) is 7.33. The van der Waals surface area contributed by atoms with Crippen LogP contribution in [0, 0.1) is 5.92 Å². The standard InChI is InChI=1S/C10H19ClN2O2/c11-4-6-13-10(14)12-5-1-9-2-7-15-8-3-9/h9H,1-8H2,(H2,12,13,14). The van der Waals surface area contributed by atoms with Crippen LogP contribution in [0.15, 0.2) is 0 Å². The van der Waals surface area contributed by atoms with Crippen molar-refractivity contribution in [2.75, 3.05) is 32.2 Å². The van der Waals surface area contributed by atoms with Gasteiger partial charge in [0, 0.05) is 32.2 Å². The van der Waals surface area contributed by atoms with E-state index in [4.69, 9.17) is 16.3 Å². The topological polar surface area (TPSA) is 50.4 Å². The van der Waals surface area contributed by atoms with Crippen LogP contribution in [0.2, 0.25) is 0 Å². The van der Waals surface area contributed by atoms with Gasteiger partial charge in [-0.3, -0.25) is 0 Å². The third-order valence-corrected chi connectivity index (χ3v) is 2.75. The molecule has 1 fully saturated rings. The molecule has 5 heteroatoms. The van der Waals surface area contributed by atoms with E-state index < -0.39 is 0 Å². The minimum atomic E-state index is -0.122. The summed E-state index contributed by atoms with van der Waals surface area (Å²) in [4.78, 5) is 11.1. The number of carbonyl (C=O) groups excluding carboxylic acids is 1. The second-order valence-corrected chi connectivity index (χ2v) is 4.09. The van der Waals surface area contributed by atoms with Gasteiger partial charge in [-0.2, -0.15) is 0 Å². The third-order valence-electron chi connectivity index (χ3n) is 2.56. The van der Waals surface area contributed by atoms with E-state index in [1.165, 1.54) is 0 Å². The van der Waals surface area contributed by atoms with E-state index in [1.54, 1.807) is 0 Å². The summed E-state index contributed by atoms with van der Waals surface area (Å²) in [6.45, 7) is 2.98. The zero-order chi connectivity index (χ0) is 10.9. The summed E-state index contributed by atoms with van der Waals surface area (Å²) in [5.74, 6) is 1.15. The van der Waals surface area contributed by atoms with Crippen LogP contribution in [-0.4, -0.2) is 38.2 Å². The maximum Gasteiger partial charge on any atom is 0.314 e. The highest BCUT2D eigenvalue weighted by Gasteiger charge is 2.13. The number of carbonyl (C=O) groups is 1. The molecule has 0 aromatic rings. The number of alkyl halides is 1. The summed E-state index contributed by atoms with van der Waals surface area (Å²) >= 11 is 5.44. The first-order valence-electron chi connectivity index (χ1n) is 5.48. The zero-order valence-electron chi connectivity index (χ0n) is 8.93. The fourth-order valence-corrected chi connectivity index (χ4v) is 1.74. The Labute approximate surface area is 95.7 Å². The highest BCUT2D eigenvalue weighted by Crippen LogP contribution is 2.17. The molecule has 1 rings (SSSR count). The van der Waals surface area contributed by atoms with Crippen molar-refractivity contribution in [3.8, 4) is 0 Å². The van der Waals surface area contributed by atoms with Crippen LogP contribution in [0.25, 0.3) is 0 Å². The Morgan fingerprint density at radius 1 is 1.27 bits per heavy atom. The van der Waals surface area contributed by atoms with Gasteiger partial charge in [0.2, 0.25) is 0 Å². The van der Waals surface area contributed by atoms with Crippen LogP contribution in [-0.2, 0) is 4.74 Å². The van der Waals surface area contributed by atoms with Crippen LogP contribution in [0.1, 0.15) is 19.3 Å². The van der Waals surface area contributed by atoms with Crippen LogP contribution in [0.4, 0.5) is 4.79 Å². The highest BCUT2D eigenvalue weighted by molar-refractivity contribution is 6.18. The number of hydrogen-bond acceptors (Lipinski definition) is 2. The van der Waals surface area contributed by atoms with E-state index in [2.05, 4.69) is 10.6 Å². The van der Waals surface area contributed by atoms with Gasteiger partial charge < -0.3 is 15.4 Å². The molecule has 0 aromatic heterocycles. The molecule has 4 nitrogen and oxygen atoms in total. The second kappa shape index (κ2) is 7.77. The first-order valence-corrected chi connectivity index (χ1v) is 6.02. The van der Waals surface area contributed by atoms with E-state index in [0.717, 1.165) is 39.0 Å². The molecule has 0 aromatic carbocycles. The van der Waals surface area contributed by atoms with Crippen LogP contribution < -0.4 is 10.6 Å². The average molecular weight is 235 g/mol. The molecule has 15 heavy (non-hydrogen) atoms. The van der Waals surface area contributed by atoms with Crippen molar-refractivity contribution in [3.05, 3.63) is 0 Å². The average Bonchev–Trinajstić information content (AvgIpc) is 2.28. The van der Waals surface area contributed by atoms with Crippen LogP contribution in [0.3, 0.4) is 0 Å². The number of halogens is 1. The number of amides is 2. The fourth-order valence-electron chi connectivity index (χ4n) is 1.65. The van der Waals surface area contributed by atoms with Crippen molar-refractivity contribution in [2.45, 2.75) is 19.3 Å². The van der Waals surface area contributed by atoms with Crippen molar-refractivity contribution in [1.29, 1.82) is 0 Å².